The number of methoxy groups -OCH3 is 1. The van der Waals surface area contributed by atoms with Crippen molar-refractivity contribution in [2.75, 3.05) is 39.9 Å². The SMILES string of the molecule is COC(=O)CC1CC(NCC2CCCC2)CN(CCO)C1. The number of piperidine rings is 1. The van der Waals surface area contributed by atoms with E-state index in [1.165, 1.54) is 32.8 Å². The zero-order chi connectivity index (χ0) is 15.1. The predicted molar refractivity (Wildman–Crippen MR) is 82.0 cm³/mol. The van der Waals surface area contributed by atoms with Crippen molar-refractivity contribution in [3.8, 4) is 0 Å². The first-order valence-corrected chi connectivity index (χ1v) is 8.34. The van der Waals surface area contributed by atoms with Crippen molar-refractivity contribution in [1.82, 2.24) is 10.2 Å². The van der Waals surface area contributed by atoms with Gasteiger partial charge in [0.1, 0.15) is 0 Å². The first-order valence-electron chi connectivity index (χ1n) is 8.34. The molecule has 2 aliphatic rings. The van der Waals surface area contributed by atoms with Crippen molar-refractivity contribution in [2.24, 2.45) is 11.8 Å². The van der Waals surface area contributed by atoms with Crippen LogP contribution in [-0.2, 0) is 9.53 Å². The number of carbonyl (C=O) groups is 1. The Bertz CT molecular complexity index is 319. The molecular weight excluding hydrogens is 268 g/mol. The Labute approximate surface area is 128 Å². The molecule has 0 aromatic heterocycles. The molecule has 21 heavy (non-hydrogen) atoms. The van der Waals surface area contributed by atoms with Crippen molar-refractivity contribution < 1.29 is 14.6 Å². The lowest BCUT2D eigenvalue weighted by Gasteiger charge is -2.38. The molecule has 0 aromatic carbocycles. The van der Waals surface area contributed by atoms with Crippen molar-refractivity contribution in [3.05, 3.63) is 0 Å². The molecule has 0 radical (unpaired) electrons. The van der Waals surface area contributed by atoms with Gasteiger partial charge >= 0.3 is 5.97 Å². The molecule has 2 N–H and O–H groups in total. The molecule has 2 atom stereocenters. The average molecular weight is 298 g/mol. The van der Waals surface area contributed by atoms with Crippen LogP contribution in [0.2, 0.25) is 0 Å². The maximum absolute atomic E-state index is 11.5. The number of aliphatic hydroxyl groups is 1. The summed E-state index contributed by atoms with van der Waals surface area (Å²) in [5.74, 6) is 1.04. The van der Waals surface area contributed by atoms with Gasteiger partial charge in [-0.15, -0.1) is 0 Å². The number of nitrogens with zero attached hydrogens (tertiary/aromatic N) is 1. The first kappa shape index (κ1) is 16.7. The van der Waals surface area contributed by atoms with Gasteiger partial charge in [0.25, 0.3) is 0 Å². The molecule has 122 valence electrons. The molecule has 1 aliphatic carbocycles. The molecule has 0 amide bonds. The Morgan fingerprint density at radius 1 is 1.29 bits per heavy atom. The van der Waals surface area contributed by atoms with Crippen LogP contribution in [0.25, 0.3) is 0 Å². The monoisotopic (exact) mass is 298 g/mol. The lowest BCUT2D eigenvalue weighted by Crippen LogP contribution is -2.51. The second-order valence-corrected chi connectivity index (χ2v) is 6.62. The topological polar surface area (TPSA) is 61.8 Å². The standard InChI is InChI=1S/C16H30N2O3/c1-21-16(20)9-14-8-15(12-18(11-14)6-7-19)17-10-13-4-2-3-5-13/h13-15,17,19H,2-12H2,1H3. The van der Waals surface area contributed by atoms with Gasteiger partial charge < -0.3 is 15.2 Å². The van der Waals surface area contributed by atoms with Gasteiger partial charge in [0, 0.05) is 32.1 Å². The molecular formula is C16H30N2O3. The highest BCUT2D eigenvalue weighted by Gasteiger charge is 2.29. The Morgan fingerprint density at radius 3 is 2.71 bits per heavy atom. The average Bonchev–Trinajstić information content (AvgIpc) is 2.98. The molecule has 2 rings (SSSR count). The summed E-state index contributed by atoms with van der Waals surface area (Å²) in [6, 6.07) is 0.431. The number of carbonyl (C=O) groups excluding carboxylic acids is 1. The van der Waals surface area contributed by atoms with E-state index in [0.717, 1.165) is 32.0 Å². The third-order valence-electron chi connectivity index (χ3n) is 4.88. The molecule has 1 heterocycles. The van der Waals surface area contributed by atoms with E-state index in [2.05, 4.69) is 10.2 Å². The zero-order valence-corrected chi connectivity index (χ0v) is 13.2. The van der Waals surface area contributed by atoms with Crippen LogP contribution in [0.1, 0.15) is 38.5 Å². The van der Waals surface area contributed by atoms with Crippen LogP contribution in [0.3, 0.4) is 0 Å². The zero-order valence-electron chi connectivity index (χ0n) is 13.2. The number of hydrogen-bond donors (Lipinski definition) is 2. The second-order valence-electron chi connectivity index (χ2n) is 6.62. The number of ether oxygens (including phenoxy) is 1. The van der Waals surface area contributed by atoms with Gasteiger partial charge in [-0.2, -0.15) is 0 Å². The minimum atomic E-state index is -0.125. The number of rotatable bonds is 7. The predicted octanol–water partition coefficient (Wildman–Crippen LogP) is 1.01. The van der Waals surface area contributed by atoms with Crippen LogP contribution < -0.4 is 5.32 Å². The van der Waals surface area contributed by atoms with Crippen LogP contribution in [0, 0.1) is 11.8 Å². The number of hydrogen-bond acceptors (Lipinski definition) is 5. The lowest BCUT2D eigenvalue weighted by molar-refractivity contribution is -0.142. The maximum atomic E-state index is 11.5. The Hall–Kier alpha value is -0.650. The van der Waals surface area contributed by atoms with Gasteiger partial charge in [-0.25, -0.2) is 0 Å². The second kappa shape index (κ2) is 8.71. The van der Waals surface area contributed by atoms with Gasteiger partial charge in [-0.1, -0.05) is 12.8 Å². The molecule has 2 unspecified atom stereocenters. The van der Waals surface area contributed by atoms with Crippen LogP contribution >= 0.6 is 0 Å². The fourth-order valence-corrected chi connectivity index (χ4v) is 3.79. The van der Waals surface area contributed by atoms with E-state index >= 15 is 0 Å². The Kier molecular flexibility index (Phi) is 6.93. The van der Waals surface area contributed by atoms with Crippen molar-refractivity contribution >= 4 is 5.97 Å². The number of β-amino-alcohol motifs (C(OH)–C–C–N with tert-alkyl or cyclic N) is 1. The van der Waals surface area contributed by atoms with E-state index in [0.29, 0.717) is 24.9 Å². The number of likely N-dealkylation sites (tertiary alicyclic amines) is 1. The summed E-state index contributed by atoms with van der Waals surface area (Å²) in [7, 11) is 1.45. The highest BCUT2D eigenvalue weighted by atomic mass is 16.5. The molecule has 1 saturated carbocycles. The van der Waals surface area contributed by atoms with Crippen LogP contribution in [-0.4, -0.2) is 61.9 Å². The van der Waals surface area contributed by atoms with E-state index < -0.39 is 0 Å². The Balaban J connectivity index is 1.81. The molecule has 2 fully saturated rings. The quantitative estimate of drug-likeness (QED) is 0.687. The van der Waals surface area contributed by atoms with Gasteiger partial charge in [0.05, 0.1) is 13.7 Å². The summed E-state index contributed by atoms with van der Waals surface area (Å²) in [5, 5.41) is 12.9. The van der Waals surface area contributed by atoms with E-state index in [-0.39, 0.29) is 12.6 Å². The Morgan fingerprint density at radius 2 is 2.05 bits per heavy atom. The number of nitrogens with one attached hydrogen (secondary N) is 1. The number of aliphatic hydroxyl groups excluding tert-OH is 1. The number of esters is 1. The highest BCUT2D eigenvalue weighted by Crippen LogP contribution is 2.25. The summed E-state index contributed by atoms with van der Waals surface area (Å²) in [5.41, 5.74) is 0. The summed E-state index contributed by atoms with van der Waals surface area (Å²) in [6.07, 6.45) is 6.97. The summed E-state index contributed by atoms with van der Waals surface area (Å²) in [4.78, 5) is 13.8. The van der Waals surface area contributed by atoms with Crippen LogP contribution in [0.5, 0.6) is 0 Å². The van der Waals surface area contributed by atoms with Crippen molar-refractivity contribution in [2.45, 2.75) is 44.6 Å². The summed E-state index contributed by atoms with van der Waals surface area (Å²) in [6.45, 7) is 3.84. The van der Waals surface area contributed by atoms with Gasteiger partial charge in [0.15, 0.2) is 0 Å². The first-order chi connectivity index (χ1) is 10.2. The fraction of sp³-hybridized carbons (Fsp3) is 0.938. The minimum Gasteiger partial charge on any atom is -0.469 e. The molecule has 0 aromatic rings. The van der Waals surface area contributed by atoms with Crippen LogP contribution in [0.15, 0.2) is 0 Å². The van der Waals surface area contributed by atoms with Crippen molar-refractivity contribution in [3.63, 3.8) is 0 Å². The van der Waals surface area contributed by atoms with Gasteiger partial charge in [-0.05, 0) is 37.6 Å². The maximum Gasteiger partial charge on any atom is 0.305 e. The largest absolute Gasteiger partial charge is 0.469 e. The summed E-state index contributed by atoms with van der Waals surface area (Å²) >= 11 is 0. The minimum absolute atomic E-state index is 0.125. The molecule has 0 bridgehead atoms. The van der Waals surface area contributed by atoms with E-state index in [9.17, 15) is 4.79 Å². The van der Waals surface area contributed by atoms with E-state index in [4.69, 9.17) is 9.84 Å². The molecule has 5 heteroatoms. The third kappa shape index (κ3) is 5.57. The molecule has 0 spiro atoms. The third-order valence-corrected chi connectivity index (χ3v) is 4.88. The van der Waals surface area contributed by atoms with Gasteiger partial charge in [-0.3, -0.25) is 9.69 Å². The van der Waals surface area contributed by atoms with Crippen LogP contribution in [0.4, 0.5) is 0 Å². The van der Waals surface area contributed by atoms with Crippen molar-refractivity contribution in [1.29, 1.82) is 0 Å². The fourth-order valence-electron chi connectivity index (χ4n) is 3.79. The highest BCUT2D eigenvalue weighted by molar-refractivity contribution is 5.69. The molecule has 5 nitrogen and oxygen atoms in total. The normalized spacial score (nSPS) is 27.9. The lowest BCUT2D eigenvalue weighted by atomic mass is 9.91. The van der Waals surface area contributed by atoms with E-state index in [1.807, 2.05) is 0 Å². The van der Waals surface area contributed by atoms with Gasteiger partial charge in [0.2, 0.25) is 0 Å². The smallest absolute Gasteiger partial charge is 0.305 e. The summed E-state index contributed by atoms with van der Waals surface area (Å²) < 4.78 is 4.80. The van der Waals surface area contributed by atoms with E-state index in [1.54, 1.807) is 0 Å². The molecule has 1 saturated heterocycles. The molecule has 1 aliphatic heterocycles.